The maximum Gasteiger partial charge on any atom is 0.410 e. The SMILES string of the molecule is CC(C)(C)OC(=O)N1CCC[C@@H]1c1nc(C2CCC(c3ccc(-c4cnc([C@@H]5CCCN5C(=O)OC(C)(C)C)[nH]4)cc3)CC2)co1. The van der Waals surface area contributed by atoms with Gasteiger partial charge in [0, 0.05) is 19.0 Å². The number of hydrogen-bond donors (Lipinski definition) is 1. The van der Waals surface area contributed by atoms with Gasteiger partial charge in [0.25, 0.3) is 0 Å². The van der Waals surface area contributed by atoms with Crippen LogP contribution in [0, 0.1) is 0 Å². The van der Waals surface area contributed by atoms with Crippen LogP contribution in [-0.4, -0.2) is 61.2 Å². The van der Waals surface area contributed by atoms with E-state index in [2.05, 4.69) is 34.2 Å². The molecule has 1 saturated carbocycles. The van der Waals surface area contributed by atoms with Crippen LogP contribution in [0.2, 0.25) is 0 Å². The van der Waals surface area contributed by atoms with Crippen molar-refractivity contribution in [2.75, 3.05) is 13.1 Å². The molecule has 0 spiro atoms. The summed E-state index contributed by atoms with van der Waals surface area (Å²) in [6, 6.07) is 8.56. The molecule has 0 unspecified atom stereocenters. The zero-order valence-electron chi connectivity index (χ0n) is 28.2. The highest BCUT2D eigenvalue weighted by molar-refractivity contribution is 5.69. The van der Waals surface area contributed by atoms with E-state index in [4.69, 9.17) is 18.9 Å². The first-order valence-corrected chi connectivity index (χ1v) is 16.9. The van der Waals surface area contributed by atoms with Crippen molar-refractivity contribution in [2.24, 2.45) is 0 Å². The van der Waals surface area contributed by atoms with Crippen molar-refractivity contribution < 1.29 is 23.5 Å². The minimum absolute atomic E-state index is 0.0964. The third-order valence-electron chi connectivity index (χ3n) is 9.34. The van der Waals surface area contributed by atoms with Crippen LogP contribution >= 0.6 is 0 Å². The number of carbonyl (C=O) groups is 2. The molecule has 10 nitrogen and oxygen atoms in total. The summed E-state index contributed by atoms with van der Waals surface area (Å²) in [5.41, 5.74) is 3.34. The highest BCUT2D eigenvalue weighted by Crippen LogP contribution is 2.42. The van der Waals surface area contributed by atoms with Gasteiger partial charge in [0.05, 0.1) is 23.6 Å². The van der Waals surface area contributed by atoms with Gasteiger partial charge in [-0.15, -0.1) is 0 Å². The molecule has 1 aliphatic carbocycles. The van der Waals surface area contributed by atoms with Gasteiger partial charge < -0.3 is 18.9 Å². The molecule has 2 saturated heterocycles. The van der Waals surface area contributed by atoms with Crippen LogP contribution in [-0.2, 0) is 9.47 Å². The number of imidazole rings is 1. The Morgan fingerprint density at radius 3 is 1.98 bits per heavy atom. The van der Waals surface area contributed by atoms with Gasteiger partial charge in [-0.05, 0) is 110 Å². The van der Waals surface area contributed by atoms with Gasteiger partial charge in [0.2, 0.25) is 5.89 Å². The molecule has 1 N–H and O–H groups in total. The van der Waals surface area contributed by atoms with E-state index < -0.39 is 11.2 Å². The molecule has 3 aliphatic rings. The normalized spacial score (nSPS) is 24.0. The fourth-order valence-electron chi connectivity index (χ4n) is 7.10. The molecule has 46 heavy (non-hydrogen) atoms. The molecule has 6 rings (SSSR count). The molecule has 2 aromatic heterocycles. The quantitative estimate of drug-likeness (QED) is 0.300. The Balaban J connectivity index is 1.04. The standard InChI is InChI=1S/C36H49N5O5/c1-35(2,3)45-33(42)40-19-7-9-29(40)31-37-21-27(38-31)25-15-11-23(12-16-25)24-13-17-26(18-14-24)28-22-44-32(39-28)30-10-8-20-41(30)34(43)46-36(4,5)6/h11-12,15-16,21-22,24,26,29-30H,7-10,13-14,17-20H2,1-6H3,(H,37,38)/t24?,26?,29-,30+/m0/s1. The monoisotopic (exact) mass is 631 g/mol. The van der Waals surface area contributed by atoms with Gasteiger partial charge in [-0.25, -0.2) is 19.6 Å². The van der Waals surface area contributed by atoms with Crippen molar-refractivity contribution in [1.82, 2.24) is 24.8 Å². The highest BCUT2D eigenvalue weighted by atomic mass is 16.6. The van der Waals surface area contributed by atoms with Gasteiger partial charge >= 0.3 is 12.2 Å². The van der Waals surface area contributed by atoms with E-state index in [1.165, 1.54) is 5.56 Å². The number of likely N-dealkylation sites (tertiary alicyclic amines) is 2. The Hall–Kier alpha value is -3.82. The molecule has 248 valence electrons. The number of nitrogens with zero attached hydrogens (tertiary/aromatic N) is 4. The fraction of sp³-hybridized carbons (Fsp3) is 0.611. The summed E-state index contributed by atoms with van der Waals surface area (Å²) < 4.78 is 17.2. The Morgan fingerprint density at radius 2 is 1.37 bits per heavy atom. The number of nitrogens with one attached hydrogen (secondary N) is 1. The summed E-state index contributed by atoms with van der Waals surface area (Å²) in [5, 5.41) is 0. The Labute approximate surface area is 272 Å². The number of oxazole rings is 1. The van der Waals surface area contributed by atoms with E-state index in [9.17, 15) is 9.59 Å². The number of aromatic nitrogens is 3. The number of ether oxygens (including phenoxy) is 2. The first-order valence-electron chi connectivity index (χ1n) is 16.9. The lowest BCUT2D eigenvalue weighted by molar-refractivity contribution is 0.0199. The van der Waals surface area contributed by atoms with Gasteiger partial charge in [-0.1, -0.05) is 24.3 Å². The van der Waals surface area contributed by atoms with Gasteiger partial charge in [0.1, 0.15) is 29.3 Å². The zero-order chi connectivity index (χ0) is 32.6. The lowest BCUT2D eigenvalue weighted by atomic mass is 9.77. The second kappa shape index (κ2) is 12.8. The highest BCUT2D eigenvalue weighted by Gasteiger charge is 2.37. The van der Waals surface area contributed by atoms with E-state index in [1.54, 1.807) is 16.1 Å². The number of carbonyl (C=O) groups excluding carboxylic acids is 2. The molecule has 3 fully saturated rings. The summed E-state index contributed by atoms with van der Waals surface area (Å²) in [4.78, 5) is 42.1. The van der Waals surface area contributed by atoms with Crippen LogP contribution in [0.4, 0.5) is 9.59 Å². The van der Waals surface area contributed by atoms with E-state index in [1.807, 2.05) is 47.7 Å². The lowest BCUT2D eigenvalue weighted by Gasteiger charge is -2.28. The van der Waals surface area contributed by atoms with Crippen molar-refractivity contribution >= 4 is 12.2 Å². The largest absolute Gasteiger partial charge is 0.446 e. The van der Waals surface area contributed by atoms with E-state index in [0.29, 0.717) is 30.8 Å². The summed E-state index contributed by atoms with van der Waals surface area (Å²) in [5.74, 6) is 2.31. The Morgan fingerprint density at radius 1 is 0.804 bits per heavy atom. The van der Waals surface area contributed by atoms with Crippen LogP contribution in [0.5, 0.6) is 0 Å². The predicted octanol–water partition coefficient (Wildman–Crippen LogP) is 8.65. The lowest BCUT2D eigenvalue weighted by Crippen LogP contribution is -2.36. The summed E-state index contributed by atoms with van der Waals surface area (Å²) in [6.07, 6.45) is 10.9. The van der Waals surface area contributed by atoms with Crippen LogP contribution in [0.1, 0.15) is 140 Å². The molecule has 0 bridgehead atoms. The Kier molecular flexibility index (Phi) is 8.91. The molecule has 10 heteroatoms. The smallest absolute Gasteiger partial charge is 0.410 e. The average Bonchev–Trinajstić information content (AvgIpc) is 3.82. The minimum atomic E-state index is -0.532. The fourth-order valence-corrected chi connectivity index (χ4v) is 7.10. The van der Waals surface area contributed by atoms with Crippen LogP contribution in [0.25, 0.3) is 11.3 Å². The van der Waals surface area contributed by atoms with E-state index in [-0.39, 0.29) is 24.3 Å². The van der Waals surface area contributed by atoms with Crippen molar-refractivity contribution in [3.63, 3.8) is 0 Å². The summed E-state index contributed by atoms with van der Waals surface area (Å²) in [6.45, 7) is 12.7. The predicted molar refractivity (Wildman–Crippen MR) is 174 cm³/mol. The van der Waals surface area contributed by atoms with Crippen molar-refractivity contribution in [3.8, 4) is 11.3 Å². The van der Waals surface area contributed by atoms with E-state index >= 15 is 0 Å². The number of aromatic amines is 1. The molecule has 2 amide bonds. The average molecular weight is 632 g/mol. The Bertz CT molecular complexity index is 1510. The topological polar surface area (TPSA) is 114 Å². The first kappa shape index (κ1) is 32.1. The molecule has 1 aromatic carbocycles. The second-order valence-corrected chi connectivity index (χ2v) is 15.1. The number of H-pyrrole nitrogens is 1. The van der Waals surface area contributed by atoms with Crippen LogP contribution < -0.4 is 0 Å². The van der Waals surface area contributed by atoms with Gasteiger partial charge in [0.15, 0.2) is 0 Å². The molecule has 0 radical (unpaired) electrons. The molecule has 2 aliphatic heterocycles. The molecular weight excluding hydrogens is 582 g/mol. The number of benzene rings is 1. The molecule has 2 atom stereocenters. The first-order chi connectivity index (χ1) is 21.8. The van der Waals surface area contributed by atoms with Gasteiger partial charge in [-0.3, -0.25) is 9.80 Å². The van der Waals surface area contributed by atoms with Crippen LogP contribution in [0.15, 0.2) is 41.1 Å². The maximum absolute atomic E-state index is 12.8. The van der Waals surface area contributed by atoms with Crippen LogP contribution in [0.3, 0.4) is 0 Å². The number of amides is 2. The number of rotatable bonds is 5. The second-order valence-electron chi connectivity index (χ2n) is 15.1. The summed E-state index contributed by atoms with van der Waals surface area (Å²) >= 11 is 0. The zero-order valence-corrected chi connectivity index (χ0v) is 28.2. The maximum atomic E-state index is 12.8. The minimum Gasteiger partial charge on any atom is -0.446 e. The summed E-state index contributed by atoms with van der Waals surface area (Å²) in [7, 11) is 0. The molecule has 4 heterocycles. The van der Waals surface area contributed by atoms with Crippen molar-refractivity contribution in [2.45, 2.75) is 128 Å². The molecule has 3 aromatic rings. The third kappa shape index (κ3) is 7.26. The molecular formula is C36H49N5O5. The van der Waals surface area contributed by atoms with Crippen molar-refractivity contribution in [1.29, 1.82) is 0 Å². The van der Waals surface area contributed by atoms with E-state index in [0.717, 1.165) is 74.1 Å². The van der Waals surface area contributed by atoms with Crippen molar-refractivity contribution in [3.05, 3.63) is 59.7 Å². The van der Waals surface area contributed by atoms with Gasteiger partial charge in [-0.2, -0.15) is 0 Å². The third-order valence-corrected chi connectivity index (χ3v) is 9.34. The number of hydrogen-bond acceptors (Lipinski definition) is 7.